The molecule has 102 valence electrons. The summed E-state index contributed by atoms with van der Waals surface area (Å²) in [7, 11) is 1.64. The van der Waals surface area contributed by atoms with Gasteiger partial charge in [0.1, 0.15) is 6.54 Å². The number of benzene rings is 1. The van der Waals surface area contributed by atoms with Crippen LogP contribution in [0.4, 0.5) is 0 Å². The Morgan fingerprint density at radius 2 is 2.21 bits per heavy atom. The molecule has 1 heterocycles. The largest absolute Gasteiger partial charge is 0.358 e. The Morgan fingerprint density at radius 3 is 2.89 bits per heavy atom. The molecule has 0 unspecified atom stereocenters. The Morgan fingerprint density at radius 1 is 1.42 bits per heavy atom. The summed E-state index contributed by atoms with van der Waals surface area (Å²) in [4.78, 5) is 11.6. The lowest BCUT2D eigenvalue weighted by molar-refractivity contribution is -0.121. The smallest absolute Gasteiger partial charge is 0.239 e. The third-order valence-electron chi connectivity index (χ3n) is 3.09. The lowest BCUT2D eigenvalue weighted by Crippen LogP contribution is -2.23. The van der Waals surface area contributed by atoms with Crippen molar-refractivity contribution < 1.29 is 4.79 Å². The third kappa shape index (κ3) is 3.08. The van der Waals surface area contributed by atoms with E-state index in [0.717, 1.165) is 24.0 Å². The molecule has 0 atom stereocenters. The molecule has 19 heavy (non-hydrogen) atoms. The van der Waals surface area contributed by atoms with Crippen LogP contribution in [0.25, 0.3) is 10.9 Å². The molecule has 1 aromatic carbocycles. The van der Waals surface area contributed by atoms with Crippen LogP contribution in [0, 0.1) is 0 Å². The normalized spacial score (nSPS) is 10.9. The van der Waals surface area contributed by atoms with Gasteiger partial charge in [-0.15, -0.1) is 0 Å². The summed E-state index contributed by atoms with van der Waals surface area (Å²) in [6, 6.07) is 5.78. The average Bonchev–Trinajstić information content (AvgIpc) is 2.73. The van der Waals surface area contributed by atoms with E-state index >= 15 is 0 Å². The van der Waals surface area contributed by atoms with Crippen LogP contribution in [0.5, 0.6) is 0 Å². The maximum atomic E-state index is 11.6. The zero-order chi connectivity index (χ0) is 13.8. The highest BCUT2D eigenvalue weighted by molar-refractivity contribution is 6.31. The van der Waals surface area contributed by atoms with E-state index in [1.165, 1.54) is 5.56 Å². The standard InChI is InChI=1S/C14H18ClN3O/c1-3-17-7-10-8-18(9-14(19)16-2)13-6-11(15)4-5-12(10)13/h4-6,8,17H,3,7,9H2,1-2H3,(H,16,19). The first-order valence-corrected chi connectivity index (χ1v) is 6.72. The number of amides is 1. The fraction of sp³-hybridized carbons (Fsp3) is 0.357. The van der Waals surface area contributed by atoms with Gasteiger partial charge in [-0.05, 0) is 24.2 Å². The number of carbonyl (C=O) groups excluding carboxylic acids is 1. The lowest BCUT2D eigenvalue weighted by atomic mass is 10.2. The molecule has 0 aliphatic carbocycles. The Bertz CT molecular complexity index is 592. The van der Waals surface area contributed by atoms with E-state index in [1.807, 2.05) is 29.0 Å². The van der Waals surface area contributed by atoms with E-state index in [-0.39, 0.29) is 5.91 Å². The number of hydrogen-bond donors (Lipinski definition) is 2. The molecule has 0 saturated heterocycles. The predicted octanol–water partition coefficient (Wildman–Crippen LogP) is 2.15. The average molecular weight is 280 g/mol. The topological polar surface area (TPSA) is 46.1 Å². The molecule has 0 radical (unpaired) electrons. The Hall–Kier alpha value is -1.52. The van der Waals surface area contributed by atoms with E-state index in [0.29, 0.717) is 11.6 Å². The number of likely N-dealkylation sites (N-methyl/N-ethyl adjacent to an activating group) is 1. The number of halogens is 1. The summed E-state index contributed by atoms with van der Waals surface area (Å²) >= 11 is 6.05. The molecule has 0 aliphatic heterocycles. The Kier molecular flexibility index (Phi) is 4.45. The van der Waals surface area contributed by atoms with Gasteiger partial charge >= 0.3 is 0 Å². The molecular formula is C14H18ClN3O. The van der Waals surface area contributed by atoms with Gasteiger partial charge in [0.05, 0.1) is 5.52 Å². The summed E-state index contributed by atoms with van der Waals surface area (Å²) in [5.41, 5.74) is 2.17. The van der Waals surface area contributed by atoms with E-state index in [2.05, 4.69) is 17.6 Å². The molecule has 0 aliphatic rings. The van der Waals surface area contributed by atoms with Crippen molar-refractivity contribution >= 4 is 28.4 Å². The molecule has 2 N–H and O–H groups in total. The second-order valence-corrected chi connectivity index (χ2v) is 4.83. The highest BCUT2D eigenvalue weighted by atomic mass is 35.5. The van der Waals surface area contributed by atoms with Crippen LogP contribution in [0.2, 0.25) is 5.02 Å². The summed E-state index contributed by atoms with van der Waals surface area (Å²) in [5, 5.41) is 7.75. The van der Waals surface area contributed by atoms with Crippen LogP contribution in [-0.4, -0.2) is 24.1 Å². The zero-order valence-electron chi connectivity index (χ0n) is 11.2. The number of nitrogens with one attached hydrogen (secondary N) is 2. The monoisotopic (exact) mass is 279 g/mol. The van der Waals surface area contributed by atoms with Crippen LogP contribution in [0.15, 0.2) is 24.4 Å². The first-order chi connectivity index (χ1) is 9.15. The number of hydrogen-bond acceptors (Lipinski definition) is 2. The van der Waals surface area contributed by atoms with E-state index in [1.54, 1.807) is 7.05 Å². The van der Waals surface area contributed by atoms with E-state index in [9.17, 15) is 4.79 Å². The van der Waals surface area contributed by atoms with Gasteiger partial charge in [-0.3, -0.25) is 4.79 Å². The molecule has 0 saturated carbocycles. The quantitative estimate of drug-likeness (QED) is 0.881. The van der Waals surface area contributed by atoms with Gasteiger partial charge < -0.3 is 15.2 Å². The first kappa shape index (κ1) is 13.9. The van der Waals surface area contributed by atoms with Crippen LogP contribution in [0.1, 0.15) is 12.5 Å². The molecule has 0 fully saturated rings. The number of aromatic nitrogens is 1. The molecule has 2 aromatic rings. The molecular weight excluding hydrogens is 262 g/mol. The first-order valence-electron chi connectivity index (χ1n) is 6.34. The van der Waals surface area contributed by atoms with Crippen molar-refractivity contribution in [2.24, 2.45) is 0 Å². The van der Waals surface area contributed by atoms with Gasteiger partial charge in [-0.1, -0.05) is 24.6 Å². The van der Waals surface area contributed by atoms with Crippen LogP contribution in [0.3, 0.4) is 0 Å². The molecule has 0 spiro atoms. The van der Waals surface area contributed by atoms with Crippen LogP contribution in [-0.2, 0) is 17.9 Å². The minimum Gasteiger partial charge on any atom is -0.358 e. The molecule has 5 heteroatoms. The minimum absolute atomic E-state index is 0.0214. The summed E-state index contributed by atoms with van der Waals surface area (Å²) < 4.78 is 1.94. The van der Waals surface area contributed by atoms with Crippen molar-refractivity contribution in [1.29, 1.82) is 0 Å². The molecule has 0 bridgehead atoms. The van der Waals surface area contributed by atoms with Gasteiger partial charge in [0.25, 0.3) is 0 Å². The van der Waals surface area contributed by atoms with Crippen molar-refractivity contribution in [2.75, 3.05) is 13.6 Å². The Labute approximate surface area is 117 Å². The van der Waals surface area contributed by atoms with E-state index < -0.39 is 0 Å². The van der Waals surface area contributed by atoms with Crippen molar-refractivity contribution in [3.05, 3.63) is 35.0 Å². The highest BCUT2D eigenvalue weighted by Gasteiger charge is 2.10. The number of rotatable bonds is 5. The maximum Gasteiger partial charge on any atom is 0.239 e. The number of carbonyl (C=O) groups is 1. The van der Waals surface area contributed by atoms with Gasteiger partial charge in [0.15, 0.2) is 0 Å². The molecule has 2 rings (SSSR count). The van der Waals surface area contributed by atoms with Gasteiger partial charge in [-0.25, -0.2) is 0 Å². The summed E-state index contributed by atoms with van der Waals surface area (Å²) in [6.45, 7) is 4.07. The van der Waals surface area contributed by atoms with E-state index in [4.69, 9.17) is 11.6 Å². The third-order valence-corrected chi connectivity index (χ3v) is 3.32. The fourth-order valence-electron chi connectivity index (χ4n) is 2.11. The molecule has 1 aromatic heterocycles. The minimum atomic E-state index is -0.0214. The Balaban J connectivity index is 2.43. The SMILES string of the molecule is CCNCc1cn(CC(=O)NC)c2cc(Cl)ccc12. The molecule has 4 nitrogen and oxygen atoms in total. The van der Waals surface area contributed by atoms with Crippen LogP contribution >= 0.6 is 11.6 Å². The summed E-state index contributed by atoms with van der Waals surface area (Å²) in [5.74, 6) is -0.0214. The second-order valence-electron chi connectivity index (χ2n) is 4.40. The van der Waals surface area contributed by atoms with Crippen molar-refractivity contribution in [3.63, 3.8) is 0 Å². The number of nitrogens with zero attached hydrogens (tertiary/aromatic N) is 1. The lowest BCUT2D eigenvalue weighted by Gasteiger charge is -2.04. The second kappa shape index (κ2) is 6.08. The van der Waals surface area contributed by atoms with Crippen molar-refractivity contribution in [2.45, 2.75) is 20.0 Å². The van der Waals surface area contributed by atoms with Gasteiger partial charge in [-0.2, -0.15) is 0 Å². The van der Waals surface area contributed by atoms with Crippen molar-refractivity contribution in [3.8, 4) is 0 Å². The summed E-state index contributed by atoms with van der Waals surface area (Å²) in [6.07, 6.45) is 2.01. The maximum absolute atomic E-state index is 11.6. The van der Waals surface area contributed by atoms with Crippen LogP contribution < -0.4 is 10.6 Å². The molecule has 1 amide bonds. The van der Waals surface area contributed by atoms with Gasteiger partial charge in [0.2, 0.25) is 5.91 Å². The predicted molar refractivity (Wildman–Crippen MR) is 78.4 cm³/mol. The number of fused-ring (bicyclic) bond motifs is 1. The highest BCUT2D eigenvalue weighted by Crippen LogP contribution is 2.24. The van der Waals surface area contributed by atoms with Gasteiger partial charge in [0, 0.05) is 30.2 Å². The van der Waals surface area contributed by atoms with Crippen molar-refractivity contribution in [1.82, 2.24) is 15.2 Å². The zero-order valence-corrected chi connectivity index (χ0v) is 11.9. The fourth-order valence-corrected chi connectivity index (χ4v) is 2.27.